The summed E-state index contributed by atoms with van der Waals surface area (Å²) in [6.07, 6.45) is 0.426. The molecule has 9 nitrogen and oxygen atoms in total. The van der Waals surface area contributed by atoms with E-state index in [4.69, 9.17) is 27.9 Å². The van der Waals surface area contributed by atoms with Crippen molar-refractivity contribution >= 4 is 67.1 Å². The van der Waals surface area contributed by atoms with Crippen molar-refractivity contribution in [2.24, 2.45) is 10.2 Å². The van der Waals surface area contributed by atoms with E-state index in [0.717, 1.165) is 6.07 Å². The molecule has 0 heterocycles. The normalized spacial score (nSPS) is 11.7. The molecule has 0 unspecified atom stereocenters. The smallest absolute Gasteiger partial charge is 0.296 e. The van der Waals surface area contributed by atoms with E-state index in [2.05, 4.69) is 15.5 Å². The molecule has 4 rings (SSSR count). The zero-order valence-corrected chi connectivity index (χ0v) is 23.1. The van der Waals surface area contributed by atoms with E-state index < -0.39 is 26.7 Å². The van der Waals surface area contributed by atoms with Crippen molar-refractivity contribution in [3.8, 4) is 11.5 Å². The number of halogens is 2. The summed E-state index contributed by atoms with van der Waals surface area (Å²) < 4.78 is 38.6. The molecule has 1 amide bonds. The molecule has 0 aromatic heterocycles. The first kappa shape index (κ1) is 28.3. The van der Waals surface area contributed by atoms with Crippen molar-refractivity contribution < 1.29 is 27.6 Å². The number of para-hydroxylation sites is 1. The molecule has 0 bridgehead atoms. The molecule has 0 aliphatic rings. The first-order valence-corrected chi connectivity index (χ1v) is 13.9. The van der Waals surface area contributed by atoms with E-state index in [1.165, 1.54) is 12.1 Å². The lowest BCUT2D eigenvalue weighted by Crippen LogP contribution is -2.14. The van der Waals surface area contributed by atoms with Crippen LogP contribution in [-0.2, 0) is 16.5 Å². The van der Waals surface area contributed by atoms with Crippen LogP contribution in [0.2, 0.25) is 10.0 Å². The van der Waals surface area contributed by atoms with Gasteiger partial charge in [-0.2, -0.15) is 13.5 Å². The molecule has 39 heavy (non-hydrogen) atoms. The van der Waals surface area contributed by atoms with E-state index >= 15 is 0 Å². The van der Waals surface area contributed by atoms with Crippen molar-refractivity contribution in [3.05, 3.63) is 81.8 Å². The maximum atomic E-state index is 13.3. The van der Waals surface area contributed by atoms with Gasteiger partial charge in [-0.3, -0.25) is 9.35 Å². The number of anilines is 1. The van der Waals surface area contributed by atoms with Crippen molar-refractivity contribution in [1.29, 1.82) is 0 Å². The Balaban J connectivity index is 1.84. The number of carbonyl (C=O) groups excluding carboxylic acids is 1. The van der Waals surface area contributed by atoms with E-state index in [1.807, 2.05) is 0 Å². The molecule has 0 radical (unpaired) electrons. The molecule has 0 atom stereocenters. The van der Waals surface area contributed by atoms with E-state index in [0.29, 0.717) is 35.1 Å². The lowest BCUT2D eigenvalue weighted by molar-refractivity contribution is 0.102. The van der Waals surface area contributed by atoms with Gasteiger partial charge in [0, 0.05) is 5.39 Å². The van der Waals surface area contributed by atoms with Gasteiger partial charge in [-0.05, 0) is 54.6 Å². The fraction of sp³-hybridized carbons (Fsp3) is 0.148. The quantitative estimate of drug-likeness (QED) is 0.142. The summed E-state index contributed by atoms with van der Waals surface area (Å²) >= 11 is 12.3. The minimum atomic E-state index is -4.62. The van der Waals surface area contributed by atoms with Crippen molar-refractivity contribution in [2.45, 2.75) is 25.2 Å². The molecular weight excluding hydrogens is 565 g/mol. The highest BCUT2D eigenvalue weighted by Crippen LogP contribution is 2.41. The van der Waals surface area contributed by atoms with Gasteiger partial charge in [0.15, 0.2) is 5.75 Å². The minimum absolute atomic E-state index is 0.0205. The Bertz CT molecular complexity index is 1720. The maximum absolute atomic E-state index is 13.3. The van der Waals surface area contributed by atoms with Crippen molar-refractivity contribution in [3.63, 3.8) is 0 Å². The fourth-order valence-electron chi connectivity index (χ4n) is 3.94. The highest BCUT2D eigenvalue weighted by atomic mass is 35.5. The lowest BCUT2D eigenvalue weighted by Gasteiger charge is -2.15. The average molecular weight is 588 g/mol. The van der Waals surface area contributed by atoms with Gasteiger partial charge >= 0.3 is 0 Å². The third-order valence-electron chi connectivity index (χ3n) is 5.80. The molecule has 4 aromatic rings. The van der Waals surface area contributed by atoms with Crippen LogP contribution in [0.15, 0.2) is 75.8 Å². The lowest BCUT2D eigenvalue weighted by atomic mass is 10.0. The number of azo groups is 1. The second-order valence-corrected chi connectivity index (χ2v) is 10.5. The Labute approximate surface area is 234 Å². The summed E-state index contributed by atoms with van der Waals surface area (Å²) in [5, 5.41) is 23.4. The van der Waals surface area contributed by atoms with Crippen LogP contribution < -0.4 is 10.1 Å². The van der Waals surface area contributed by atoms with Gasteiger partial charge in [-0.1, -0.05) is 60.5 Å². The van der Waals surface area contributed by atoms with E-state index in [1.54, 1.807) is 56.3 Å². The summed E-state index contributed by atoms with van der Waals surface area (Å²) in [5.74, 6) is -0.761. The van der Waals surface area contributed by atoms with Crippen LogP contribution in [0.25, 0.3) is 10.8 Å². The molecule has 0 saturated carbocycles. The predicted octanol–water partition coefficient (Wildman–Crippen LogP) is 7.73. The number of nitrogens with one attached hydrogen (secondary N) is 1. The monoisotopic (exact) mass is 587 g/mol. The van der Waals surface area contributed by atoms with Crippen molar-refractivity contribution in [2.75, 3.05) is 11.9 Å². The first-order chi connectivity index (χ1) is 18.5. The van der Waals surface area contributed by atoms with Gasteiger partial charge in [0.2, 0.25) is 0 Å². The van der Waals surface area contributed by atoms with Gasteiger partial charge in [0.05, 0.1) is 27.9 Å². The Morgan fingerprint density at radius 1 is 1.00 bits per heavy atom. The van der Waals surface area contributed by atoms with Crippen LogP contribution in [-0.4, -0.2) is 30.6 Å². The number of amides is 1. The Morgan fingerprint density at radius 3 is 2.44 bits per heavy atom. The SMILES string of the molecule is CCOc1cccc(Cl)c1NC(=O)c1cc2ccccc2c(N=Nc2cc(S(=O)(=O)O)c(Cl)cc2CC)c1O. The van der Waals surface area contributed by atoms with Gasteiger partial charge in [-0.25, -0.2) is 0 Å². The number of rotatable bonds is 8. The van der Waals surface area contributed by atoms with Gasteiger partial charge in [0.25, 0.3) is 16.0 Å². The van der Waals surface area contributed by atoms with Crippen LogP contribution in [0.1, 0.15) is 29.8 Å². The summed E-state index contributed by atoms with van der Waals surface area (Å²) in [5.41, 5.74) is 0.790. The Morgan fingerprint density at radius 2 is 1.74 bits per heavy atom. The Kier molecular flexibility index (Phi) is 8.41. The third kappa shape index (κ3) is 5.99. The molecule has 0 saturated heterocycles. The number of benzene rings is 4. The standard InChI is InChI=1S/C27H23Cl2N3O6S/c1-3-15-13-20(29)23(39(35,36)37)14-21(15)31-32-24-17-9-6-5-8-16(17)12-18(26(24)33)27(34)30-25-19(28)10-7-11-22(25)38-4-2/h5-14,33H,3-4H2,1-2H3,(H,30,34)(H,35,36,37). The summed E-state index contributed by atoms with van der Waals surface area (Å²) in [6, 6.07) is 15.8. The minimum Gasteiger partial charge on any atom is -0.505 e. The maximum Gasteiger partial charge on any atom is 0.296 e. The van der Waals surface area contributed by atoms with Crippen LogP contribution >= 0.6 is 23.2 Å². The predicted molar refractivity (Wildman–Crippen MR) is 151 cm³/mol. The largest absolute Gasteiger partial charge is 0.505 e. The number of carbonyl (C=O) groups is 1. The number of aromatic hydroxyl groups is 1. The zero-order chi connectivity index (χ0) is 28.3. The van der Waals surface area contributed by atoms with Gasteiger partial charge < -0.3 is 15.2 Å². The number of fused-ring (bicyclic) bond motifs is 1. The number of hydrogen-bond donors (Lipinski definition) is 3. The second-order valence-electron chi connectivity index (χ2n) is 8.28. The molecule has 0 fully saturated rings. The summed E-state index contributed by atoms with van der Waals surface area (Å²) in [4.78, 5) is 12.8. The van der Waals surface area contributed by atoms with Gasteiger partial charge in [-0.15, -0.1) is 5.11 Å². The molecule has 202 valence electrons. The topological polar surface area (TPSA) is 138 Å². The average Bonchev–Trinajstić information content (AvgIpc) is 2.89. The number of nitrogens with zero attached hydrogens (tertiary/aromatic N) is 2. The summed E-state index contributed by atoms with van der Waals surface area (Å²) in [6.45, 7) is 3.95. The number of aryl methyl sites for hydroxylation is 1. The second kappa shape index (κ2) is 11.6. The zero-order valence-electron chi connectivity index (χ0n) is 20.8. The van der Waals surface area contributed by atoms with Crippen LogP contribution in [0.5, 0.6) is 11.5 Å². The molecule has 12 heteroatoms. The highest BCUT2D eigenvalue weighted by molar-refractivity contribution is 7.86. The summed E-state index contributed by atoms with van der Waals surface area (Å²) in [7, 11) is -4.62. The van der Waals surface area contributed by atoms with Crippen molar-refractivity contribution in [1.82, 2.24) is 0 Å². The van der Waals surface area contributed by atoms with Crippen LogP contribution in [0.4, 0.5) is 17.1 Å². The Hall–Kier alpha value is -3.70. The van der Waals surface area contributed by atoms with Gasteiger partial charge in [0.1, 0.15) is 22.0 Å². The van der Waals surface area contributed by atoms with Crippen LogP contribution in [0.3, 0.4) is 0 Å². The van der Waals surface area contributed by atoms with Crippen LogP contribution in [0, 0.1) is 0 Å². The molecule has 4 aromatic carbocycles. The number of hydrogen-bond acceptors (Lipinski definition) is 7. The molecule has 3 N–H and O–H groups in total. The molecule has 0 spiro atoms. The fourth-order valence-corrected chi connectivity index (χ4v) is 5.19. The molecule has 0 aliphatic carbocycles. The first-order valence-electron chi connectivity index (χ1n) is 11.7. The molecular formula is C27H23Cl2N3O6S. The third-order valence-corrected chi connectivity index (χ3v) is 7.44. The van der Waals surface area contributed by atoms with E-state index in [-0.39, 0.29) is 32.7 Å². The number of phenolic OH excluding ortho intramolecular Hbond substituents is 1. The highest BCUT2D eigenvalue weighted by Gasteiger charge is 2.22. The van der Waals surface area contributed by atoms with E-state index in [9.17, 15) is 22.9 Å². The number of phenols is 1. The number of ether oxygens (including phenoxy) is 1. The molecule has 0 aliphatic heterocycles.